The molecule has 3 heterocycles. The van der Waals surface area contributed by atoms with E-state index in [0.717, 1.165) is 10.6 Å². The number of H-pyrrole nitrogens is 1. The molecule has 0 aromatic carbocycles. The molecule has 1 saturated heterocycles. The molecule has 0 aliphatic carbocycles. The summed E-state index contributed by atoms with van der Waals surface area (Å²) in [5.41, 5.74) is 0.942. The average molecular weight is 393 g/mol. The van der Waals surface area contributed by atoms with Crippen molar-refractivity contribution >= 4 is 57.5 Å². The molecule has 0 radical (unpaired) electrons. The Morgan fingerprint density at radius 2 is 2.40 bits per heavy atom. The smallest absolute Gasteiger partial charge is 0.266 e. The summed E-state index contributed by atoms with van der Waals surface area (Å²) in [7, 11) is 0. The van der Waals surface area contributed by atoms with E-state index in [2.05, 4.69) is 15.3 Å². The van der Waals surface area contributed by atoms with E-state index in [1.54, 1.807) is 30.8 Å². The van der Waals surface area contributed by atoms with Gasteiger partial charge in [0.15, 0.2) is 0 Å². The summed E-state index contributed by atoms with van der Waals surface area (Å²) in [6.45, 7) is 2.15. The van der Waals surface area contributed by atoms with Crippen LogP contribution < -0.4 is 5.32 Å². The van der Waals surface area contributed by atoms with Gasteiger partial charge >= 0.3 is 0 Å². The van der Waals surface area contributed by atoms with E-state index in [-0.39, 0.29) is 11.8 Å². The number of aromatic amines is 1. The highest BCUT2D eigenvalue weighted by molar-refractivity contribution is 8.26. The van der Waals surface area contributed by atoms with Crippen molar-refractivity contribution in [2.75, 3.05) is 6.54 Å². The van der Waals surface area contributed by atoms with E-state index < -0.39 is 6.04 Å². The molecule has 1 fully saturated rings. The zero-order chi connectivity index (χ0) is 17.8. The number of imidazole rings is 1. The summed E-state index contributed by atoms with van der Waals surface area (Å²) in [4.78, 5) is 34.8. The van der Waals surface area contributed by atoms with Gasteiger partial charge in [-0.25, -0.2) is 4.98 Å². The maximum absolute atomic E-state index is 12.6. The molecule has 1 unspecified atom stereocenters. The van der Waals surface area contributed by atoms with Gasteiger partial charge in [-0.2, -0.15) is 0 Å². The second-order valence-electron chi connectivity index (χ2n) is 5.36. The van der Waals surface area contributed by atoms with E-state index in [1.807, 2.05) is 23.6 Å². The number of thiophene rings is 1. The summed E-state index contributed by atoms with van der Waals surface area (Å²) in [6, 6.07) is 3.21. The molecule has 0 bridgehead atoms. The minimum atomic E-state index is -0.650. The van der Waals surface area contributed by atoms with Crippen LogP contribution in [-0.4, -0.2) is 43.6 Å². The third-order valence-corrected chi connectivity index (χ3v) is 5.80. The molecule has 6 nitrogen and oxygen atoms in total. The quantitative estimate of drug-likeness (QED) is 0.583. The molecule has 1 atom stereocenters. The van der Waals surface area contributed by atoms with E-state index in [9.17, 15) is 9.59 Å². The highest BCUT2D eigenvalue weighted by Crippen LogP contribution is 2.34. The van der Waals surface area contributed by atoms with Crippen LogP contribution in [0.3, 0.4) is 0 Å². The Kier molecular flexibility index (Phi) is 5.67. The highest BCUT2D eigenvalue weighted by Gasteiger charge is 2.38. The monoisotopic (exact) mass is 392 g/mol. The van der Waals surface area contributed by atoms with Crippen LogP contribution in [0.5, 0.6) is 0 Å². The number of aromatic nitrogens is 2. The van der Waals surface area contributed by atoms with Crippen LogP contribution in [0.15, 0.2) is 34.9 Å². The van der Waals surface area contributed by atoms with Crippen LogP contribution in [0.2, 0.25) is 0 Å². The van der Waals surface area contributed by atoms with Crippen molar-refractivity contribution in [3.63, 3.8) is 0 Å². The topological polar surface area (TPSA) is 78.1 Å². The number of amides is 2. The number of hydrogen-bond donors (Lipinski definition) is 2. The molecule has 2 aromatic heterocycles. The summed E-state index contributed by atoms with van der Waals surface area (Å²) < 4.78 is 0.407. The normalized spacial score (nSPS) is 17.3. The number of thioether (sulfide) groups is 1. The van der Waals surface area contributed by atoms with Crippen molar-refractivity contribution in [2.45, 2.75) is 19.4 Å². The third-order valence-electron chi connectivity index (χ3n) is 3.66. The van der Waals surface area contributed by atoms with Gasteiger partial charge in [0.1, 0.15) is 10.4 Å². The second-order valence-corrected chi connectivity index (χ2v) is 8.02. The van der Waals surface area contributed by atoms with Gasteiger partial charge in [0, 0.05) is 29.7 Å². The lowest BCUT2D eigenvalue weighted by atomic mass is 10.2. The molecule has 9 heteroatoms. The lowest BCUT2D eigenvalue weighted by Crippen LogP contribution is -2.47. The van der Waals surface area contributed by atoms with Gasteiger partial charge in [-0.1, -0.05) is 30.0 Å². The molecule has 0 saturated carbocycles. The molecule has 2 aromatic rings. The van der Waals surface area contributed by atoms with E-state index in [1.165, 1.54) is 16.7 Å². The van der Waals surface area contributed by atoms with Crippen LogP contribution >= 0.6 is 35.3 Å². The number of rotatable bonds is 6. The second kappa shape index (κ2) is 7.94. The standard InChI is InChI=1S/C16H16N4O2S3/c1-10(14(21)18-5-4-11-8-17-9-19-11)20-15(22)13(25-16(20)23)7-12-3-2-6-24-12/h2-3,6-10H,4-5H2,1H3,(H,17,19)(H,18,21). The predicted molar refractivity (Wildman–Crippen MR) is 104 cm³/mol. The van der Waals surface area contributed by atoms with Crippen LogP contribution in [0, 0.1) is 0 Å². The van der Waals surface area contributed by atoms with E-state index in [4.69, 9.17) is 12.2 Å². The Balaban J connectivity index is 1.60. The Hall–Kier alpha value is -1.97. The van der Waals surface area contributed by atoms with Crippen LogP contribution in [0.1, 0.15) is 17.5 Å². The van der Waals surface area contributed by atoms with Crippen molar-refractivity contribution in [3.05, 3.63) is 45.5 Å². The van der Waals surface area contributed by atoms with Crippen LogP contribution in [0.4, 0.5) is 0 Å². The Bertz CT molecular complexity index is 799. The van der Waals surface area contributed by atoms with Gasteiger partial charge in [0.25, 0.3) is 5.91 Å². The maximum Gasteiger partial charge on any atom is 0.266 e. The number of nitrogens with zero attached hydrogens (tertiary/aromatic N) is 2. The molecule has 1 aliphatic rings. The summed E-state index contributed by atoms with van der Waals surface area (Å²) >= 11 is 8.08. The predicted octanol–water partition coefficient (Wildman–Crippen LogP) is 2.42. The number of thiocarbonyl (C=S) groups is 1. The molecule has 2 N–H and O–H groups in total. The Morgan fingerprint density at radius 1 is 1.56 bits per heavy atom. The van der Waals surface area contributed by atoms with E-state index in [0.29, 0.717) is 22.2 Å². The summed E-state index contributed by atoms with van der Waals surface area (Å²) in [5, 5.41) is 4.78. The lowest BCUT2D eigenvalue weighted by Gasteiger charge is -2.22. The van der Waals surface area contributed by atoms with Crippen LogP contribution in [-0.2, 0) is 16.0 Å². The van der Waals surface area contributed by atoms with Gasteiger partial charge in [-0.3, -0.25) is 14.5 Å². The minimum Gasteiger partial charge on any atom is -0.354 e. The third kappa shape index (κ3) is 4.17. The van der Waals surface area contributed by atoms with Crippen molar-refractivity contribution in [1.82, 2.24) is 20.2 Å². The first-order valence-electron chi connectivity index (χ1n) is 7.62. The first-order valence-corrected chi connectivity index (χ1v) is 9.72. The molecule has 25 heavy (non-hydrogen) atoms. The molecule has 2 amide bonds. The minimum absolute atomic E-state index is 0.223. The molecule has 130 valence electrons. The number of carbonyl (C=O) groups excluding carboxylic acids is 2. The van der Waals surface area contributed by atoms with Gasteiger partial charge in [-0.05, 0) is 24.4 Å². The number of carbonyl (C=O) groups is 2. The molecular weight excluding hydrogens is 376 g/mol. The first kappa shape index (κ1) is 17.8. The number of hydrogen-bond acceptors (Lipinski definition) is 6. The SMILES string of the molecule is CC(C(=O)NCCc1cnc[nH]1)N1C(=O)C(=Cc2cccs2)SC1=S. The van der Waals surface area contributed by atoms with Crippen molar-refractivity contribution in [1.29, 1.82) is 0 Å². The summed E-state index contributed by atoms with van der Waals surface area (Å²) in [5.74, 6) is -0.451. The lowest BCUT2D eigenvalue weighted by molar-refractivity contribution is -0.132. The van der Waals surface area contributed by atoms with Crippen LogP contribution in [0.25, 0.3) is 6.08 Å². The average Bonchev–Trinajstić information content (AvgIpc) is 3.31. The van der Waals surface area contributed by atoms with Gasteiger partial charge < -0.3 is 10.3 Å². The fourth-order valence-electron chi connectivity index (χ4n) is 2.32. The first-order chi connectivity index (χ1) is 12.1. The Labute approximate surface area is 158 Å². The van der Waals surface area contributed by atoms with Gasteiger partial charge in [0.05, 0.1) is 11.2 Å². The fourth-order valence-corrected chi connectivity index (χ4v) is 4.46. The van der Waals surface area contributed by atoms with E-state index >= 15 is 0 Å². The van der Waals surface area contributed by atoms with Gasteiger partial charge in [-0.15, -0.1) is 11.3 Å². The fraction of sp³-hybridized carbons (Fsp3) is 0.250. The molecule has 3 rings (SSSR count). The highest BCUT2D eigenvalue weighted by atomic mass is 32.2. The Morgan fingerprint density at radius 3 is 3.08 bits per heavy atom. The molecule has 1 aliphatic heterocycles. The van der Waals surface area contributed by atoms with Gasteiger partial charge in [0.2, 0.25) is 5.91 Å². The zero-order valence-electron chi connectivity index (χ0n) is 13.4. The zero-order valence-corrected chi connectivity index (χ0v) is 15.8. The van der Waals surface area contributed by atoms with Crippen molar-refractivity contribution in [2.24, 2.45) is 0 Å². The maximum atomic E-state index is 12.6. The molecule has 0 spiro atoms. The molecular formula is C16H16N4O2S3. The number of nitrogens with one attached hydrogen (secondary N) is 2. The van der Waals surface area contributed by atoms with Crippen molar-refractivity contribution < 1.29 is 9.59 Å². The largest absolute Gasteiger partial charge is 0.354 e. The van der Waals surface area contributed by atoms with Crippen molar-refractivity contribution in [3.8, 4) is 0 Å². The summed E-state index contributed by atoms with van der Waals surface area (Å²) in [6.07, 6.45) is 5.77.